The predicted octanol–water partition coefficient (Wildman–Crippen LogP) is 1.87. The molecule has 0 bridgehead atoms. The van der Waals surface area contributed by atoms with Crippen LogP contribution in [0.15, 0.2) is 22.6 Å². The number of nitrogens with one attached hydrogen (secondary N) is 1. The molecule has 0 saturated carbocycles. The summed E-state index contributed by atoms with van der Waals surface area (Å²) in [6.45, 7) is 5.15. The monoisotopic (exact) mass is 394 g/mol. The molecule has 0 unspecified atom stereocenters. The van der Waals surface area contributed by atoms with Crippen LogP contribution < -0.4 is 15.2 Å². The molecule has 0 spiro atoms. The maximum absolute atomic E-state index is 12.5. The summed E-state index contributed by atoms with van der Waals surface area (Å²) >= 11 is 0. The van der Waals surface area contributed by atoms with E-state index in [1.54, 1.807) is 18.2 Å². The standard InChI is InChI=1S/C18H26N4O4S/c1-12(2)10-16(23)22-9-4-3-6-13(22)11-26-15-8-5-7-14-17(15)18(19)21-27(24,25)20-14/h5,7-8,12-13,20H,3-4,6,9-11H2,1-2H3,(H2,19,21)/t13-/m1/s1. The van der Waals surface area contributed by atoms with Gasteiger partial charge in [0.25, 0.3) is 0 Å². The Balaban J connectivity index is 1.76. The summed E-state index contributed by atoms with van der Waals surface area (Å²) < 4.78 is 35.2. The van der Waals surface area contributed by atoms with Crippen LogP contribution >= 0.6 is 0 Å². The van der Waals surface area contributed by atoms with E-state index in [4.69, 9.17) is 10.5 Å². The first-order chi connectivity index (χ1) is 12.8. The average Bonchev–Trinajstić information content (AvgIpc) is 2.58. The highest BCUT2D eigenvalue weighted by Crippen LogP contribution is 2.31. The van der Waals surface area contributed by atoms with Gasteiger partial charge in [-0.3, -0.25) is 9.52 Å². The van der Waals surface area contributed by atoms with Gasteiger partial charge >= 0.3 is 10.2 Å². The lowest BCUT2D eigenvalue weighted by Gasteiger charge is -2.36. The number of likely N-dealkylation sites (tertiary alicyclic amines) is 1. The zero-order valence-corrected chi connectivity index (χ0v) is 16.5. The van der Waals surface area contributed by atoms with Crippen LogP contribution in [0.3, 0.4) is 0 Å². The normalized spacial score (nSPS) is 21.2. The summed E-state index contributed by atoms with van der Waals surface area (Å²) in [6, 6.07) is 5.03. The maximum Gasteiger partial charge on any atom is 0.344 e. The molecule has 2 aliphatic rings. The van der Waals surface area contributed by atoms with Gasteiger partial charge in [0.2, 0.25) is 5.91 Å². The number of anilines is 1. The van der Waals surface area contributed by atoms with Crippen molar-refractivity contribution in [2.75, 3.05) is 17.9 Å². The van der Waals surface area contributed by atoms with Gasteiger partial charge in [-0.25, -0.2) is 0 Å². The van der Waals surface area contributed by atoms with E-state index in [1.807, 2.05) is 18.7 Å². The molecule has 3 rings (SSSR count). The van der Waals surface area contributed by atoms with Crippen LogP contribution in [0.2, 0.25) is 0 Å². The summed E-state index contributed by atoms with van der Waals surface area (Å²) in [5.74, 6) is 0.821. The van der Waals surface area contributed by atoms with Crippen molar-refractivity contribution in [3.8, 4) is 5.75 Å². The highest BCUT2D eigenvalue weighted by molar-refractivity contribution is 7.91. The number of benzene rings is 1. The van der Waals surface area contributed by atoms with Gasteiger partial charge in [-0.2, -0.15) is 8.42 Å². The minimum atomic E-state index is -3.82. The number of piperidine rings is 1. The van der Waals surface area contributed by atoms with E-state index in [0.29, 0.717) is 35.9 Å². The number of nitrogens with zero attached hydrogens (tertiary/aromatic N) is 2. The second-order valence-electron chi connectivity index (χ2n) is 7.38. The Kier molecular flexibility index (Phi) is 5.59. The lowest BCUT2D eigenvalue weighted by atomic mass is 10.0. The van der Waals surface area contributed by atoms with Crippen LogP contribution in [0.4, 0.5) is 5.69 Å². The van der Waals surface area contributed by atoms with Gasteiger partial charge in [-0.05, 0) is 37.3 Å². The Hall–Kier alpha value is -2.29. The van der Waals surface area contributed by atoms with E-state index >= 15 is 0 Å². The first-order valence-corrected chi connectivity index (χ1v) is 10.6. The minimum absolute atomic E-state index is 0.000647. The number of hydrogen-bond donors (Lipinski definition) is 2. The zero-order chi connectivity index (χ0) is 19.6. The topological polar surface area (TPSA) is 114 Å². The summed E-state index contributed by atoms with van der Waals surface area (Å²) in [6.07, 6.45) is 3.46. The molecule has 1 saturated heterocycles. The fraction of sp³-hybridized carbons (Fsp3) is 0.556. The van der Waals surface area contributed by atoms with Crippen molar-refractivity contribution in [3.63, 3.8) is 0 Å². The van der Waals surface area contributed by atoms with Gasteiger partial charge in [0.1, 0.15) is 12.4 Å². The fourth-order valence-electron chi connectivity index (χ4n) is 3.49. The van der Waals surface area contributed by atoms with E-state index in [-0.39, 0.29) is 17.8 Å². The quantitative estimate of drug-likeness (QED) is 0.791. The number of carbonyl (C=O) groups is 1. The third-order valence-electron chi connectivity index (χ3n) is 4.70. The molecule has 2 heterocycles. The van der Waals surface area contributed by atoms with Crippen molar-refractivity contribution >= 4 is 27.6 Å². The minimum Gasteiger partial charge on any atom is -0.491 e. The van der Waals surface area contributed by atoms with Crippen molar-refractivity contribution in [3.05, 3.63) is 23.8 Å². The van der Waals surface area contributed by atoms with Crippen molar-refractivity contribution < 1.29 is 17.9 Å². The highest BCUT2D eigenvalue weighted by Gasteiger charge is 2.29. The molecule has 1 amide bonds. The lowest BCUT2D eigenvalue weighted by Crippen LogP contribution is -2.47. The highest BCUT2D eigenvalue weighted by atomic mass is 32.2. The molecule has 2 aliphatic heterocycles. The molecule has 1 fully saturated rings. The Morgan fingerprint density at radius 1 is 1.41 bits per heavy atom. The van der Waals surface area contributed by atoms with Crippen LogP contribution in [-0.2, 0) is 15.0 Å². The SMILES string of the molecule is CC(C)CC(=O)N1CCCC[C@@H]1COc1cccc2c1C(N)=NS(=O)(=O)N2. The molecule has 1 aromatic carbocycles. The van der Waals surface area contributed by atoms with E-state index in [0.717, 1.165) is 25.8 Å². The number of rotatable bonds is 5. The van der Waals surface area contributed by atoms with Gasteiger partial charge in [0.05, 0.1) is 17.3 Å². The van der Waals surface area contributed by atoms with Gasteiger partial charge in [0, 0.05) is 13.0 Å². The molecule has 1 aromatic rings. The lowest BCUT2D eigenvalue weighted by molar-refractivity contribution is -0.136. The van der Waals surface area contributed by atoms with Crippen LogP contribution in [0.5, 0.6) is 5.75 Å². The van der Waals surface area contributed by atoms with Crippen LogP contribution in [-0.4, -0.2) is 44.3 Å². The smallest absolute Gasteiger partial charge is 0.344 e. The molecular formula is C18H26N4O4S. The van der Waals surface area contributed by atoms with E-state index in [2.05, 4.69) is 9.12 Å². The third kappa shape index (κ3) is 4.52. The first-order valence-electron chi connectivity index (χ1n) is 9.20. The number of amides is 1. The molecule has 148 valence electrons. The van der Waals surface area contributed by atoms with Crippen molar-refractivity contribution in [2.24, 2.45) is 16.0 Å². The van der Waals surface area contributed by atoms with E-state index < -0.39 is 10.2 Å². The molecule has 27 heavy (non-hydrogen) atoms. The van der Waals surface area contributed by atoms with Crippen LogP contribution in [0, 0.1) is 5.92 Å². The molecule has 1 atom stereocenters. The van der Waals surface area contributed by atoms with Crippen LogP contribution in [0.1, 0.15) is 45.1 Å². The molecule has 3 N–H and O–H groups in total. The van der Waals surface area contributed by atoms with Crippen molar-refractivity contribution in [2.45, 2.75) is 45.6 Å². The summed E-state index contributed by atoms with van der Waals surface area (Å²) in [5, 5.41) is 0. The molecular weight excluding hydrogens is 368 g/mol. The molecule has 0 radical (unpaired) electrons. The average molecular weight is 394 g/mol. The van der Waals surface area contributed by atoms with Crippen molar-refractivity contribution in [1.82, 2.24) is 4.90 Å². The number of ether oxygens (including phenoxy) is 1. The fourth-order valence-corrected chi connectivity index (χ4v) is 4.34. The second kappa shape index (κ2) is 7.75. The van der Waals surface area contributed by atoms with Gasteiger partial charge < -0.3 is 15.4 Å². The summed E-state index contributed by atoms with van der Waals surface area (Å²) in [4.78, 5) is 14.5. The zero-order valence-electron chi connectivity index (χ0n) is 15.6. The summed E-state index contributed by atoms with van der Waals surface area (Å²) in [5.41, 5.74) is 6.63. The Morgan fingerprint density at radius 3 is 2.93 bits per heavy atom. The van der Waals surface area contributed by atoms with E-state index in [1.165, 1.54) is 0 Å². The first kappa shape index (κ1) is 19.5. The Labute approximate surface area is 160 Å². The molecule has 0 aliphatic carbocycles. The molecule has 0 aromatic heterocycles. The summed E-state index contributed by atoms with van der Waals surface area (Å²) in [7, 11) is -3.82. The number of amidine groups is 1. The largest absolute Gasteiger partial charge is 0.491 e. The second-order valence-corrected chi connectivity index (χ2v) is 8.71. The Bertz CT molecular complexity index is 851. The third-order valence-corrected chi connectivity index (χ3v) is 5.62. The number of carbonyl (C=O) groups excluding carboxylic acids is 1. The predicted molar refractivity (Wildman–Crippen MR) is 104 cm³/mol. The Morgan fingerprint density at radius 2 is 2.19 bits per heavy atom. The molecule has 8 nitrogen and oxygen atoms in total. The number of fused-ring (bicyclic) bond motifs is 1. The van der Waals surface area contributed by atoms with Gasteiger partial charge in [-0.1, -0.05) is 19.9 Å². The number of nitrogens with two attached hydrogens (primary N) is 1. The maximum atomic E-state index is 12.5. The molecule has 9 heteroatoms. The van der Waals surface area contributed by atoms with Crippen LogP contribution in [0.25, 0.3) is 0 Å². The van der Waals surface area contributed by atoms with Gasteiger partial charge in [0.15, 0.2) is 5.84 Å². The van der Waals surface area contributed by atoms with Gasteiger partial charge in [-0.15, -0.1) is 4.40 Å². The van der Waals surface area contributed by atoms with Crippen molar-refractivity contribution in [1.29, 1.82) is 0 Å². The van der Waals surface area contributed by atoms with E-state index in [9.17, 15) is 13.2 Å². The number of hydrogen-bond acceptors (Lipinski definition) is 5.